The van der Waals surface area contributed by atoms with Crippen molar-refractivity contribution in [3.63, 3.8) is 0 Å². The summed E-state index contributed by atoms with van der Waals surface area (Å²) in [7, 11) is 2.04. The lowest BCUT2D eigenvalue weighted by molar-refractivity contribution is -0.00556. The molecule has 1 rings (SSSR count). The van der Waals surface area contributed by atoms with E-state index in [1.165, 1.54) is 32.1 Å². The summed E-state index contributed by atoms with van der Waals surface area (Å²) in [5, 5.41) is 3.32. The van der Waals surface area contributed by atoms with Crippen molar-refractivity contribution in [1.82, 2.24) is 5.32 Å². The van der Waals surface area contributed by atoms with Gasteiger partial charge in [-0.15, -0.1) is 0 Å². The fraction of sp³-hybridized carbons (Fsp3) is 1.00. The minimum Gasteiger partial charge on any atom is -0.381 e. The van der Waals surface area contributed by atoms with Crippen molar-refractivity contribution in [1.29, 1.82) is 0 Å². The summed E-state index contributed by atoms with van der Waals surface area (Å²) in [5.41, 5.74) is 0.416. The Bertz CT molecular complexity index is 162. The molecule has 1 aliphatic rings. The van der Waals surface area contributed by atoms with Gasteiger partial charge in [0.25, 0.3) is 0 Å². The topological polar surface area (TPSA) is 30.5 Å². The molecular weight excluding hydrogens is 202 g/mol. The first kappa shape index (κ1) is 13.9. The lowest BCUT2D eigenvalue weighted by Crippen LogP contribution is -2.39. The molecule has 0 aromatic heterocycles. The predicted molar refractivity (Wildman–Crippen MR) is 66.8 cm³/mol. The molecule has 1 aliphatic heterocycles. The molecule has 0 radical (unpaired) electrons. The summed E-state index contributed by atoms with van der Waals surface area (Å²) in [6.45, 7) is 6.94. The Morgan fingerprint density at radius 2 is 2.00 bits per heavy atom. The Morgan fingerprint density at radius 3 is 2.62 bits per heavy atom. The molecule has 3 nitrogen and oxygen atoms in total. The molecule has 0 aromatic carbocycles. The molecule has 0 atom stereocenters. The first-order chi connectivity index (χ1) is 7.83. The van der Waals surface area contributed by atoms with Crippen LogP contribution in [0.15, 0.2) is 0 Å². The summed E-state index contributed by atoms with van der Waals surface area (Å²) < 4.78 is 11.1. The third kappa shape index (κ3) is 4.81. The predicted octanol–water partition coefficient (Wildman–Crippen LogP) is 2.21. The van der Waals surface area contributed by atoms with Crippen molar-refractivity contribution < 1.29 is 9.47 Å². The normalized spacial score (nSPS) is 19.9. The van der Waals surface area contributed by atoms with E-state index in [2.05, 4.69) is 12.2 Å². The Balaban J connectivity index is 2.21. The highest BCUT2D eigenvalue weighted by Crippen LogP contribution is 2.33. The average molecular weight is 229 g/mol. The number of nitrogens with one attached hydrogen (secondary N) is 1. The van der Waals surface area contributed by atoms with Crippen LogP contribution in [0.5, 0.6) is 0 Å². The lowest BCUT2D eigenvalue weighted by atomic mass is 9.77. The molecule has 0 aliphatic carbocycles. The van der Waals surface area contributed by atoms with Gasteiger partial charge in [0.1, 0.15) is 0 Å². The van der Waals surface area contributed by atoms with E-state index in [1.54, 1.807) is 0 Å². The van der Waals surface area contributed by atoms with E-state index in [0.717, 1.165) is 33.0 Å². The van der Waals surface area contributed by atoms with E-state index in [1.807, 2.05) is 7.05 Å². The molecule has 0 saturated carbocycles. The van der Waals surface area contributed by atoms with Crippen LogP contribution < -0.4 is 5.32 Å². The smallest absolute Gasteiger partial charge is 0.0471 e. The maximum Gasteiger partial charge on any atom is 0.0471 e. The summed E-state index contributed by atoms with van der Waals surface area (Å²) in [5.74, 6) is 0. The Labute approximate surface area is 99.9 Å². The van der Waals surface area contributed by atoms with Crippen molar-refractivity contribution in [2.75, 3.05) is 40.0 Å². The van der Waals surface area contributed by atoms with E-state index in [0.29, 0.717) is 5.41 Å². The molecule has 0 aromatic rings. The second kappa shape index (κ2) is 8.04. The van der Waals surface area contributed by atoms with Crippen LogP contribution in [0.25, 0.3) is 0 Å². The molecule has 0 unspecified atom stereocenters. The number of hydrogen-bond donors (Lipinski definition) is 1. The molecule has 1 heterocycles. The van der Waals surface area contributed by atoms with E-state index >= 15 is 0 Å². The molecule has 0 spiro atoms. The summed E-state index contributed by atoms with van der Waals surface area (Å²) in [6.07, 6.45) is 5.91. The minimum atomic E-state index is 0.416. The van der Waals surface area contributed by atoms with Crippen LogP contribution in [-0.2, 0) is 9.47 Å². The highest BCUT2D eigenvalue weighted by atomic mass is 16.5. The number of hydrogen-bond acceptors (Lipinski definition) is 3. The van der Waals surface area contributed by atoms with Crippen molar-refractivity contribution in [2.45, 2.75) is 39.0 Å². The monoisotopic (exact) mass is 229 g/mol. The molecule has 1 fully saturated rings. The van der Waals surface area contributed by atoms with Gasteiger partial charge in [-0.1, -0.05) is 13.3 Å². The van der Waals surface area contributed by atoms with Crippen LogP contribution in [0.3, 0.4) is 0 Å². The van der Waals surface area contributed by atoms with Gasteiger partial charge in [-0.25, -0.2) is 0 Å². The van der Waals surface area contributed by atoms with Crippen LogP contribution >= 0.6 is 0 Å². The molecule has 0 bridgehead atoms. The van der Waals surface area contributed by atoms with Gasteiger partial charge in [0, 0.05) is 33.0 Å². The third-order valence-electron chi connectivity index (χ3n) is 3.52. The highest BCUT2D eigenvalue weighted by Gasteiger charge is 2.31. The summed E-state index contributed by atoms with van der Waals surface area (Å²) in [6, 6.07) is 0. The SMILES string of the molecule is CCCCOCCC1(CNC)CCOCC1. The third-order valence-corrected chi connectivity index (χ3v) is 3.52. The van der Waals surface area contributed by atoms with Gasteiger partial charge in [-0.05, 0) is 38.1 Å². The lowest BCUT2D eigenvalue weighted by Gasteiger charge is -2.37. The molecule has 3 heteroatoms. The quantitative estimate of drug-likeness (QED) is 0.647. The zero-order valence-corrected chi connectivity index (χ0v) is 10.9. The van der Waals surface area contributed by atoms with Crippen molar-refractivity contribution in [3.05, 3.63) is 0 Å². The van der Waals surface area contributed by atoms with Crippen LogP contribution in [0, 0.1) is 5.41 Å². The largest absolute Gasteiger partial charge is 0.381 e. The zero-order valence-electron chi connectivity index (χ0n) is 10.9. The Kier molecular flexibility index (Phi) is 7.01. The molecule has 1 N–H and O–H groups in total. The first-order valence-corrected chi connectivity index (χ1v) is 6.63. The summed E-state index contributed by atoms with van der Waals surface area (Å²) in [4.78, 5) is 0. The maximum atomic E-state index is 5.68. The molecule has 0 amide bonds. The molecule has 96 valence electrons. The maximum absolute atomic E-state index is 5.68. The van der Waals surface area contributed by atoms with Gasteiger partial charge in [-0.3, -0.25) is 0 Å². The standard InChI is InChI=1S/C13H27NO2/c1-3-4-8-15-9-5-13(12-14-2)6-10-16-11-7-13/h14H,3-12H2,1-2H3. The number of ether oxygens (including phenoxy) is 2. The Morgan fingerprint density at radius 1 is 1.25 bits per heavy atom. The van der Waals surface area contributed by atoms with Gasteiger partial charge in [-0.2, -0.15) is 0 Å². The van der Waals surface area contributed by atoms with Gasteiger partial charge < -0.3 is 14.8 Å². The van der Waals surface area contributed by atoms with Crippen molar-refractivity contribution in [3.8, 4) is 0 Å². The molecular formula is C13H27NO2. The first-order valence-electron chi connectivity index (χ1n) is 6.63. The van der Waals surface area contributed by atoms with E-state index < -0.39 is 0 Å². The highest BCUT2D eigenvalue weighted by molar-refractivity contribution is 4.83. The second-order valence-electron chi connectivity index (χ2n) is 4.86. The fourth-order valence-electron chi connectivity index (χ4n) is 2.33. The van der Waals surface area contributed by atoms with Crippen molar-refractivity contribution in [2.24, 2.45) is 5.41 Å². The van der Waals surface area contributed by atoms with Crippen LogP contribution in [-0.4, -0.2) is 40.0 Å². The van der Waals surface area contributed by atoms with Gasteiger partial charge >= 0.3 is 0 Å². The van der Waals surface area contributed by atoms with Gasteiger partial charge in [0.05, 0.1) is 0 Å². The van der Waals surface area contributed by atoms with Crippen LogP contribution in [0.1, 0.15) is 39.0 Å². The van der Waals surface area contributed by atoms with Gasteiger partial charge in [0.2, 0.25) is 0 Å². The second-order valence-corrected chi connectivity index (χ2v) is 4.86. The Hall–Kier alpha value is -0.120. The number of rotatable bonds is 8. The van der Waals surface area contributed by atoms with Gasteiger partial charge in [0.15, 0.2) is 0 Å². The number of unbranched alkanes of at least 4 members (excludes halogenated alkanes) is 1. The van der Waals surface area contributed by atoms with E-state index in [4.69, 9.17) is 9.47 Å². The zero-order chi connectivity index (χ0) is 11.7. The average Bonchev–Trinajstić information content (AvgIpc) is 2.30. The van der Waals surface area contributed by atoms with E-state index in [9.17, 15) is 0 Å². The van der Waals surface area contributed by atoms with Crippen LogP contribution in [0.2, 0.25) is 0 Å². The van der Waals surface area contributed by atoms with Crippen LogP contribution in [0.4, 0.5) is 0 Å². The van der Waals surface area contributed by atoms with Crippen molar-refractivity contribution >= 4 is 0 Å². The molecule has 1 saturated heterocycles. The van der Waals surface area contributed by atoms with E-state index in [-0.39, 0.29) is 0 Å². The molecule has 16 heavy (non-hydrogen) atoms. The minimum absolute atomic E-state index is 0.416. The fourth-order valence-corrected chi connectivity index (χ4v) is 2.33. The summed E-state index contributed by atoms with van der Waals surface area (Å²) >= 11 is 0.